The number of carbonyl (C=O) groups is 3. The summed E-state index contributed by atoms with van der Waals surface area (Å²) in [5.74, 6) is -1.25. The molecule has 0 aliphatic carbocycles. The molecule has 0 bridgehead atoms. The van der Waals surface area contributed by atoms with Crippen molar-refractivity contribution in [1.82, 2.24) is 5.32 Å². The normalized spacial score (nSPS) is 15.4. The summed E-state index contributed by atoms with van der Waals surface area (Å²) in [5, 5.41) is 6.27. The van der Waals surface area contributed by atoms with E-state index in [2.05, 4.69) is 10.6 Å². The van der Waals surface area contributed by atoms with Gasteiger partial charge in [-0.15, -0.1) is 0 Å². The van der Waals surface area contributed by atoms with Crippen molar-refractivity contribution in [2.75, 3.05) is 16.8 Å². The molecule has 33 heavy (non-hydrogen) atoms. The van der Waals surface area contributed by atoms with E-state index in [0.29, 0.717) is 28.5 Å². The number of rotatable bonds is 6. The minimum Gasteiger partial charge on any atom is -0.348 e. The number of nitrogens with zero attached hydrogens (tertiary/aromatic N) is 1. The molecule has 1 heterocycles. The summed E-state index contributed by atoms with van der Waals surface area (Å²) in [6.45, 7) is 2.64. The first-order valence-corrected chi connectivity index (χ1v) is 11.1. The summed E-state index contributed by atoms with van der Waals surface area (Å²) in [6.07, 6.45) is 0.0973. The molecule has 7 heteroatoms. The fourth-order valence-electron chi connectivity index (χ4n) is 3.90. The molecule has 0 saturated carbocycles. The lowest BCUT2D eigenvalue weighted by Gasteiger charge is -2.17. The first-order valence-electron chi connectivity index (χ1n) is 10.7. The summed E-state index contributed by atoms with van der Waals surface area (Å²) in [7, 11) is 0. The second-order valence-corrected chi connectivity index (χ2v) is 8.53. The van der Waals surface area contributed by atoms with Gasteiger partial charge in [-0.2, -0.15) is 0 Å². The van der Waals surface area contributed by atoms with Crippen molar-refractivity contribution < 1.29 is 14.4 Å². The highest BCUT2D eigenvalue weighted by molar-refractivity contribution is 6.31. The largest absolute Gasteiger partial charge is 0.348 e. The predicted octanol–water partition coefficient (Wildman–Crippen LogP) is 4.57. The number of halogens is 1. The summed E-state index contributed by atoms with van der Waals surface area (Å²) < 4.78 is 0. The highest BCUT2D eigenvalue weighted by Crippen LogP contribution is 2.28. The molecule has 0 aromatic heterocycles. The minimum absolute atomic E-state index is 0.0973. The maximum absolute atomic E-state index is 12.9. The van der Waals surface area contributed by atoms with Crippen LogP contribution in [0.4, 0.5) is 11.4 Å². The van der Waals surface area contributed by atoms with Gasteiger partial charge in [0.15, 0.2) is 0 Å². The number of carbonyl (C=O) groups excluding carboxylic acids is 3. The van der Waals surface area contributed by atoms with E-state index in [1.54, 1.807) is 53.4 Å². The molecule has 1 atom stereocenters. The van der Waals surface area contributed by atoms with Crippen LogP contribution in [-0.2, 0) is 16.1 Å². The molecular formula is C26H24ClN3O3. The molecule has 1 aliphatic heterocycles. The van der Waals surface area contributed by atoms with E-state index in [1.165, 1.54) is 0 Å². The van der Waals surface area contributed by atoms with Gasteiger partial charge in [0, 0.05) is 30.2 Å². The van der Waals surface area contributed by atoms with E-state index >= 15 is 0 Å². The van der Waals surface area contributed by atoms with Crippen molar-refractivity contribution in [3.05, 3.63) is 94.5 Å². The fourth-order valence-corrected chi connectivity index (χ4v) is 4.09. The number of aryl methyl sites for hydroxylation is 1. The van der Waals surface area contributed by atoms with E-state index in [9.17, 15) is 14.4 Å². The number of anilines is 2. The van der Waals surface area contributed by atoms with Crippen LogP contribution in [0.3, 0.4) is 0 Å². The van der Waals surface area contributed by atoms with E-state index in [-0.39, 0.29) is 30.7 Å². The Hall–Kier alpha value is -3.64. The first-order chi connectivity index (χ1) is 15.9. The van der Waals surface area contributed by atoms with Gasteiger partial charge in [0.1, 0.15) is 0 Å². The van der Waals surface area contributed by atoms with Gasteiger partial charge in [0.05, 0.1) is 17.2 Å². The molecule has 1 fully saturated rings. The van der Waals surface area contributed by atoms with Gasteiger partial charge < -0.3 is 15.5 Å². The van der Waals surface area contributed by atoms with Gasteiger partial charge in [-0.3, -0.25) is 14.4 Å². The van der Waals surface area contributed by atoms with E-state index in [4.69, 9.17) is 11.6 Å². The Bertz CT molecular complexity index is 1210. The first kappa shape index (κ1) is 22.6. The van der Waals surface area contributed by atoms with Crippen LogP contribution in [0, 0.1) is 12.8 Å². The van der Waals surface area contributed by atoms with Crippen LogP contribution in [0.25, 0.3) is 0 Å². The molecule has 4 rings (SSSR count). The molecule has 3 aromatic carbocycles. The Kier molecular flexibility index (Phi) is 6.75. The van der Waals surface area contributed by atoms with Crippen molar-refractivity contribution in [2.24, 2.45) is 5.92 Å². The molecule has 0 radical (unpaired) electrons. The molecule has 1 saturated heterocycles. The zero-order valence-corrected chi connectivity index (χ0v) is 18.9. The molecule has 3 aromatic rings. The fraction of sp³-hybridized carbons (Fsp3) is 0.192. The topological polar surface area (TPSA) is 78.5 Å². The van der Waals surface area contributed by atoms with Gasteiger partial charge >= 0.3 is 0 Å². The molecule has 1 aliphatic rings. The third-order valence-electron chi connectivity index (χ3n) is 5.58. The molecule has 168 valence electrons. The van der Waals surface area contributed by atoms with Crippen LogP contribution in [0.5, 0.6) is 0 Å². The molecule has 2 N–H and O–H groups in total. The van der Waals surface area contributed by atoms with Gasteiger partial charge in [0.25, 0.3) is 5.91 Å². The number of hydrogen-bond acceptors (Lipinski definition) is 3. The zero-order chi connectivity index (χ0) is 23.4. The smallest absolute Gasteiger partial charge is 0.253 e. The molecule has 6 nitrogen and oxygen atoms in total. The van der Waals surface area contributed by atoms with Gasteiger partial charge in [-0.1, -0.05) is 59.6 Å². The van der Waals surface area contributed by atoms with Crippen LogP contribution in [0.15, 0.2) is 72.8 Å². The standard InChI is InChI=1S/C26H24ClN3O3/c1-17-6-4-7-18(12-17)15-28-26(33)22-10-2-3-11-23(22)29-25(32)19-13-24(31)30(16-19)21-9-5-8-20(27)14-21/h2-12,14,19H,13,15-16H2,1H3,(H,28,33)(H,29,32)/t19-/m0/s1. The Morgan fingerprint density at radius 1 is 1.03 bits per heavy atom. The van der Waals surface area contributed by atoms with Gasteiger partial charge in [-0.25, -0.2) is 0 Å². The van der Waals surface area contributed by atoms with Crippen molar-refractivity contribution in [3.63, 3.8) is 0 Å². The Labute approximate surface area is 197 Å². The zero-order valence-electron chi connectivity index (χ0n) is 18.2. The lowest BCUT2D eigenvalue weighted by Crippen LogP contribution is -2.29. The lowest BCUT2D eigenvalue weighted by molar-refractivity contribution is -0.122. The van der Waals surface area contributed by atoms with Crippen LogP contribution >= 0.6 is 11.6 Å². The molecule has 3 amide bonds. The maximum Gasteiger partial charge on any atom is 0.253 e. The average Bonchev–Trinajstić information content (AvgIpc) is 3.20. The van der Waals surface area contributed by atoms with Crippen molar-refractivity contribution in [1.29, 1.82) is 0 Å². The van der Waals surface area contributed by atoms with E-state index in [1.807, 2.05) is 31.2 Å². The Balaban J connectivity index is 1.42. The van der Waals surface area contributed by atoms with Gasteiger partial charge in [-0.05, 0) is 42.8 Å². The quantitative estimate of drug-likeness (QED) is 0.564. The summed E-state index contributed by atoms with van der Waals surface area (Å²) in [4.78, 5) is 39.8. The van der Waals surface area contributed by atoms with Crippen LogP contribution in [-0.4, -0.2) is 24.3 Å². The predicted molar refractivity (Wildman–Crippen MR) is 129 cm³/mol. The third kappa shape index (κ3) is 5.41. The van der Waals surface area contributed by atoms with E-state index in [0.717, 1.165) is 11.1 Å². The summed E-state index contributed by atoms with van der Waals surface area (Å²) in [5.41, 5.74) is 3.56. The second kappa shape index (κ2) is 9.88. The van der Waals surface area contributed by atoms with Crippen molar-refractivity contribution >= 4 is 40.7 Å². The molecule has 0 unspecified atom stereocenters. The highest BCUT2D eigenvalue weighted by Gasteiger charge is 2.35. The summed E-state index contributed by atoms with van der Waals surface area (Å²) in [6, 6.07) is 21.7. The van der Waals surface area contributed by atoms with Crippen LogP contribution in [0.1, 0.15) is 27.9 Å². The number of nitrogens with one attached hydrogen (secondary N) is 2. The highest BCUT2D eigenvalue weighted by atomic mass is 35.5. The lowest BCUT2D eigenvalue weighted by atomic mass is 10.1. The number of hydrogen-bond donors (Lipinski definition) is 2. The third-order valence-corrected chi connectivity index (χ3v) is 5.82. The minimum atomic E-state index is -0.528. The van der Waals surface area contributed by atoms with Crippen LogP contribution in [0.2, 0.25) is 5.02 Å². The average molecular weight is 462 g/mol. The Morgan fingerprint density at radius 2 is 1.82 bits per heavy atom. The monoisotopic (exact) mass is 461 g/mol. The van der Waals surface area contributed by atoms with Gasteiger partial charge in [0.2, 0.25) is 11.8 Å². The summed E-state index contributed by atoms with van der Waals surface area (Å²) >= 11 is 6.04. The number of benzene rings is 3. The number of amides is 3. The van der Waals surface area contributed by atoms with Crippen molar-refractivity contribution in [2.45, 2.75) is 19.9 Å². The second-order valence-electron chi connectivity index (χ2n) is 8.09. The molecular weight excluding hydrogens is 438 g/mol. The Morgan fingerprint density at radius 3 is 2.61 bits per heavy atom. The van der Waals surface area contributed by atoms with E-state index < -0.39 is 5.92 Å². The van der Waals surface area contributed by atoms with Crippen molar-refractivity contribution in [3.8, 4) is 0 Å². The SMILES string of the molecule is Cc1cccc(CNC(=O)c2ccccc2NC(=O)[C@H]2CC(=O)N(c3cccc(Cl)c3)C2)c1. The molecule has 0 spiro atoms. The maximum atomic E-state index is 12.9. The number of para-hydroxylation sites is 1. The van der Waals surface area contributed by atoms with Crippen LogP contribution < -0.4 is 15.5 Å².